The van der Waals surface area contributed by atoms with E-state index in [2.05, 4.69) is 47.0 Å². The highest BCUT2D eigenvalue weighted by molar-refractivity contribution is 9.10. The van der Waals surface area contributed by atoms with Crippen LogP contribution >= 0.6 is 27.5 Å². The molecule has 0 bridgehead atoms. The summed E-state index contributed by atoms with van der Waals surface area (Å²) in [6.07, 6.45) is 1.05. The zero-order valence-electron chi connectivity index (χ0n) is 11.4. The summed E-state index contributed by atoms with van der Waals surface area (Å²) in [5.74, 6) is 0.196. The first kappa shape index (κ1) is 15.1. The SMILES string of the molecule is CC1CN(C)C(C)CC1Nc1c(Cl)cc(F)cc1Br. The Morgan fingerprint density at radius 2 is 2.11 bits per heavy atom. The van der Waals surface area contributed by atoms with Gasteiger partial charge in [-0.15, -0.1) is 0 Å². The summed E-state index contributed by atoms with van der Waals surface area (Å²) in [4.78, 5) is 2.37. The molecule has 1 fully saturated rings. The number of nitrogens with zero attached hydrogens (tertiary/aromatic N) is 1. The molecule has 1 aliphatic heterocycles. The monoisotopic (exact) mass is 348 g/mol. The first-order chi connectivity index (χ1) is 8.88. The van der Waals surface area contributed by atoms with E-state index in [0.29, 0.717) is 27.5 Å². The molecule has 0 aliphatic carbocycles. The highest BCUT2D eigenvalue weighted by Gasteiger charge is 2.29. The van der Waals surface area contributed by atoms with E-state index < -0.39 is 0 Å². The average Bonchev–Trinajstić information content (AvgIpc) is 2.29. The molecule has 1 aromatic carbocycles. The van der Waals surface area contributed by atoms with Crippen LogP contribution in [-0.4, -0.2) is 30.6 Å². The summed E-state index contributed by atoms with van der Waals surface area (Å²) in [6, 6.07) is 3.67. The van der Waals surface area contributed by atoms with Crippen molar-refractivity contribution in [3.8, 4) is 0 Å². The lowest BCUT2D eigenvalue weighted by Gasteiger charge is -2.40. The van der Waals surface area contributed by atoms with E-state index in [1.54, 1.807) is 0 Å². The Kier molecular flexibility index (Phi) is 4.75. The molecule has 0 spiro atoms. The first-order valence-electron chi connectivity index (χ1n) is 6.49. The zero-order chi connectivity index (χ0) is 14.2. The third-order valence-corrected chi connectivity index (χ3v) is 4.87. The number of nitrogens with one attached hydrogen (secondary N) is 1. The van der Waals surface area contributed by atoms with Gasteiger partial charge in [-0.2, -0.15) is 0 Å². The van der Waals surface area contributed by atoms with Crippen molar-refractivity contribution in [3.63, 3.8) is 0 Å². The Hall–Kier alpha value is -0.320. The van der Waals surface area contributed by atoms with Crippen LogP contribution in [0.5, 0.6) is 0 Å². The molecule has 1 N–H and O–H groups in total. The lowest BCUT2D eigenvalue weighted by Crippen LogP contribution is -2.48. The molecule has 1 heterocycles. The number of hydrogen-bond acceptors (Lipinski definition) is 2. The third-order valence-electron chi connectivity index (χ3n) is 3.95. The van der Waals surface area contributed by atoms with Crippen molar-refractivity contribution in [1.82, 2.24) is 4.90 Å². The molecule has 1 saturated heterocycles. The van der Waals surface area contributed by atoms with Crippen LogP contribution in [0.4, 0.5) is 10.1 Å². The molecule has 1 aliphatic rings. The van der Waals surface area contributed by atoms with Gasteiger partial charge in [0.1, 0.15) is 5.82 Å². The Morgan fingerprint density at radius 3 is 2.74 bits per heavy atom. The number of piperidine rings is 1. The quantitative estimate of drug-likeness (QED) is 0.852. The molecular weight excluding hydrogens is 331 g/mol. The predicted molar refractivity (Wildman–Crippen MR) is 82.4 cm³/mol. The van der Waals surface area contributed by atoms with Crippen molar-refractivity contribution in [2.75, 3.05) is 18.9 Å². The van der Waals surface area contributed by atoms with Gasteiger partial charge in [0.25, 0.3) is 0 Å². The molecule has 19 heavy (non-hydrogen) atoms. The van der Waals surface area contributed by atoms with E-state index in [4.69, 9.17) is 11.6 Å². The number of rotatable bonds is 2. The summed E-state index contributed by atoms with van der Waals surface area (Å²) < 4.78 is 13.9. The summed E-state index contributed by atoms with van der Waals surface area (Å²) in [5.41, 5.74) is 0.789. The molecule has 2 rings (SSSR count). The summed E-state index contributed by atoms with van der Waals surface area (Å²) in [6.45, 7) is 5.50. The Labute approximate surface area is 127 Å². The maximum Gasteiger partial charge on any atom is 0.125 e. The molecular formula is C14H19BrClFN2. The minimum absolute atomic E-state index is 0.327. The van der Waals surface area contributed by atoms with Crippen LogP contribution in [0.3, 0.4) is 0 Å². The third kappa shape index (κ3) is 3.41. The lowest BCUT2D eigenvalue weighted by atomic mass is 9.89. The second-order valence-electron chi connectivity index (χ2n) is 5.50. The van der Waals surface area contributed by atoms with Crippen molar-refractivity contribution in [2.45, 2.75) is 32.4 Å². The molecule has 0 radical (unpaired) electrons. The van der Waals surface area contributed by atoms with Crippen LogP contribution in [0.25, 0.3) is 0 Å². The van der Waals surface area contributed by atoms with E-state index in [0.717, 1.165) is 18.7 Å². The minimum atomic E-state index is -0.327. The van der Waals surface area contributed by atoms with Crippen molar-refractivity contribution in [1.29, 1.82) is 0 Å². The standard InChI is InChI=1S/C14H19BrClFN2/c1-8-7-19(3)9(2)4-13(8)18-14-11(15)5-10(17)6-12(14)16/h5-6,8-9,13,18H,4,7H2,1-3H3. The van der Waals surface area contributed by atoms with Gasteiger partial charge in [0, 0.05) is 23.1 Å². The molecule has 3 unspecified atom stereocenters. The van der Waals surface area contributed by atoms with Gasteiger partial charge in [-0.25, -0.2) is 4.39 Å². The van der Waals surface area contributed by atoms with Gasteiger partial charge < -0.3 is 10.2 Å². The molecule has 3 atom stereocenters. The van der Waals surface area contributed by atoms with E-state index in [1.165, 1.54) is 12.1 Å². The molecule has 0 amide bonds. The molecule has 5 heteroatoms. The molecule has 2 nitrogen and oxygen atoms in total. The fourth-order valence-corrected chi connectivity index (χ4v) is 3.53. The topological polar surface area (TPSA) is 15.3 Å². The van der Waals surface area contributed by atoms with E-state index in [9.17, 15) is 4.39 Å². The summed E-state index contributed by atoms with van der Waals surface area (Å²) in [5, 5.41) is 3.90. The smallest absolute Gasteiger partial charge is 0.125 e. The van der Waals surface area contributed by atoms with E-state index in [1.807, 2.05) is 0 Å². The van der Waals surface area contributed by atoms with Gasteiger partial charge in [0.05, 0.1) is 10.7 Å². The predicted octanol–water partition coefficient (Wildman–Crippen LogP) is 4.38. The van der Waals surface area contributed by atoms with Crippen LogP contribution in [-0.2, 0) is 0 Å². The average molecular weight is 350 g/mol. The van der Waals surface area contributed by atoms with Gasteiger partial charge in [-0.05, 0) is 54.4 Å². The van der Waals surface area contributed by atoms with Crippen molar-refractivity contribution >= 4 is 33.2 Å². The van der Waals surface area contributed by atoms with Crippen molar-refractivity contribution < 1.29 is 4.39 Å². The Bertz CT molecular complexity index is 446. The fraction of sp³-hybridized carbons (Fsp3) is 0.571. The highest BCUT2D eigenvalue weighted by Crippen LogP contribution is 2.34. The Morgan fingerprint density at radius 1 is 1.42 bits per heavy atom. The van der Waals surface area contributed by atoms with Gasteiger partial charge >= 0.3 is 0 Å². The van der Waals surface area contributed by atoms with E-state index in [-0.39, 0.29) is 5.82 Å². The summed E-state index contributed by atoms with van der Waals surface area (Å²) in [7, 11) is 2.15. The van der Waals surface area contributed by atoms with Crippen LogP contribution < -0.4 is 5.32 Å². The maximum absolute atomic E-state index is 13.2. The van der Waals surface area contributed by atoms with Crippen LogP contribution in [0.1, 0.15) is 20.3 Å². The largest absolute Gasteiger partial charge is 0.380 e. The normalized spacial score (nSPS) is 28.4. The number of anilines is 1. The van der Waals surface area contributed by atoms with Gasteiger partial charge in [0.15, 0.2) is 0 Å². The zero-order valence-corrected chi connectivity index (χ0v) is 13.7. The number of likely N-dealkylation sites (tertiary alicyclic amines) is 1. The van der Waals surface area contributed by atoms with Gasteiger partial charge in [-0.3, -0.25) is 0 Å². The number of halogens is 3. The minimum Gasteiger partial charge on any atom is -0.380 e. The molecule has 0 saturated carbocycles. The lowest BCUT2D eigenvalue weighted by molar-refractivity contribution is 0.145. The summed E-state index contributed by atoms with van der Waals surface area (Å²) >= 11 is 9.50. The number of benzene rings is 1. The second-order valence-corrected chi connectivity index (χ2v) is 6.76. The van der Waals surface area contributed by atoms with Crippen molar-refractivity contribution in [2.24, 2.45) is 5.92 Å². The fourth-order valence-electron chi connectivity index (χ4n) is 2.61. The molecule has 106 valence electrons. The van der Waals surface area contributed by atoms with Crippen LogP contribution in [0.2, 0.25) is 5.02 Å². The van der Waals surface area contributed by atoms with Gasteiger partial charge in [0.2, 0.25) is 0 Å². The van der Waals surface area contributed by atoms with Gasteiger partial charge in [-0.1, -0.05) is 18.5 Å². The second kappa shape index (κ2) is 5.98. The van der Waals surface area contributed by atoms with Crippen LogP contribution in [0.15, 0.2) is 16.6 Å². The highest BCUT2D eigenvalue weighted by atomic mass is 79.9. The van der Waals surface area contributed by atoms with Crippen molar-refractivity contribution in [3.05, 3.63) is 27.4 Å². The first-order valence-corrected chi connectivity index (χ1v) is 7.67. The Balaban J connectivity index is 2.17. The molecule has 0 aromatic heterocycles. The molecule has 1 aromatic rings. The van der Waals surface area contributed by atoms with Crippen LogP contribution in [0, 0.1) is 11.7 Å². The maximum atomic E-state index is 13.2. The van der Waals surface area contributed by atoms with E-state index >= 15 is 0 Å². The number of hydrogen-bond donors (Lipinski definition) is 1.